The fraction of sp³-hybridized carbons (Fsp3) is 0.286. The van der Waals surface area contributed by atoms with E-state index < -0.39 is 6.04 Å². The first-order valence-electron chi connectivity index (χ1n) is 12.0. The molecule has 186 valence electrons. The van der Waals surface area contributed by atoms with Crippen molar-refractivity contribution in [3.8, 4) is 11.5 Å². The molecule has 0 aromatic heterocycles. The van der Waals surface area contributed by atoms with Crippen LogP contribution in [0.15, 0.2) is 65.7 Å². The van der Waals surface area contributed by atoms with Gasteiger partial charge in [-0.25, -0.2) is 9.38 Å². The summed E-state index contributed by atoms with van der Waals surface area (Å²) in [5, 5.41) is 3.24. The van der Waals surface area contributed by atoms with Crippen LogP contribution in [-0.2, 0) is 11.3 Å². The Bertz CT molecular complexity index is 1250. The van der Waals surface area contributed by atoms with Gasteiger partial charge in [0.15, 0.2) is 0 Å². The number of rotatable bonds is 7. The van der Waals surface area contributed by atoms with E-state index in [-0.39, 0.29) is 5.82 Å². The maximum Gasteiger partial charge on any atom is 0.147 e. The first-order chi connectivity index (χ1) is 17.6. The number of carbonyl (C=O) groups is 1. The minimum Gasteiger partial charge on any atom is -0.497 e. The third-order valence-corrected chi connectivity index (χ3v) is 6.72. The van der Waals surface area contributed by atoms with Gasteiger partial charge in [0.25, 0.3) is 0 Å². The maximum atomic E-state index is 13.2. The lowest BCUT2D eigenvalue weighted by Gasteiger charge is -2.36. The molecule has 0 radical (unpaired) electrons. The number of hydrogen-bond acceptors (Lipinski definition) is 7. The van der Waals surface area contributed by atoms with Crippen LogP contribution >= 0.6 is 0 Å². The van der Waals surface area contributed by atoms with Crippen molar-refractivity contribution in [3.05, 3.63) is 83.2 Å². The minimum absolute atomic E-state index is 0.202. The molecule has 2 aliphatic heterocycles. The molecule has 3 aromatic carbocycles. The number of halogens is 1. The van der Waals surface area contributed by atoms with Crippen LogP contribution in [0.4, 0.5) is 15.8 Å². The summed E-state index contributed by atoms with van der Waals surface area (Å²) >= 11 is 0. The Hall–Kier alpha value is -3.91. The zero-order valence-corrected chi connectivity index (χ0v) is 20.4. The molecular formula is C28H29FN4O3. The highest BCUT2D eigenvalue weighted by Gasteiger charge is 2.27. The van der Waals surface area contributed by atoms with Gasteiger partial charge in [0.05, 0.1) is 19.9 Å². The predicted molar refractivity (Wildman–Crippen MR) is 138 cm³/mol. The van der Waals surface area contributed by atoms with Gasteiger partial charge in [-0.15, -0.1) is 0 Å². The summed E-state index contributed by atoms with van der Waals surface area (Å²) in [7, 11) is 3.16. The van der Waals surface area contributed by atoms with E-state index in [0.717, 1.165) is 55.8 Å². The van der Waals surface area contributed by atoms with Crippen LogP contribution in [0.5, 0.6) is 11.5 Å². The Morgan fingerprint density at radius 1 is 1.00 bits per heavy atom. The van der Waals surface area contributed by atoms with E-state index >= 15 is 0 Å². The van der Waals surface area contributed by atoms with Gasteiger partial charge in [0.1, 0.15) is 35.5 Å². The lowest BCUT2D eigenvalue weighted by Crippen LogP contribution is -2.46. The second kappa shape index (κ2) is 10.4. The van der Waals surface area contributed by atoms with E-state index in [1.165, 1.54) is 12.1 Å². The Kier molecular flexibility index (Phi) is 6.86. The van der Waals surface area contributed by atoms with Gasteiger partial charge in [-0.2, -0.15) is 0 Å². The summed E-state index contributed by atoms with van der Waals surface area (Å²) < 4.78 is 24.0. The lowest BCUT2D eigenvalue weighted by molar-refractivity contribution is -0.109. The van der Waals surface area contributed by atoms with Gasteiger partial charge in [-0.3, -0.25) is 4.90 Å². The van der Waals surface area contributed by atoms with E-state index in [0.29, 0.717) is 28.6 Å². The molecule has 1 fully saturated rings. The Labute approximate surface area is 210 Å². The van der Waals surface area contributed by atoms with Crippen molar-refractivity contribution >= 4 is 23.5 Å². The number of nitrogens with zero attached hydrogens (tertiary/aromatic N) is 3. The molecule has 8 heteroatoms. The summed E-state index contributed by atoms with van der Waals surface area (Å²) in [6, 6.07) is 18.0. The summed E-state index contributed by atoms with van der Waals surface area (Å²) in [6.07, 6.45) is 0.863. The van der Waals surface area contributed by atoms with Crippen LogP contribution in [0.3, 0.4) is 0 Å². The number of methoxy groups -OCH3 is 2. The van der Waals surface area contributed by atoms with Gasteiger partial charge in [-0.1, -0.05) is 12.1 Å². The van der Waals surface area contributed by atoms with Crippen LogP contribution < -0.4 is 19.7 Å². The number of piperazine rings is 1. The van der Waals surface area contributed by atoms with Gasteiger partial charge in [0, 0.05) is 61.7 Å². The Morgan fingerprint density at radius 2 is 1.72 bits per heavy atom. The molecule has 0 spiro atoms. The van der Waals surface area contributed by atoms with E-state index in [2.05, 4.69) is 27.2 Å². The molecule has 1 unspecified atom stereocenters. The van der Waals surface area contributed by atoms with Crippen molar-refractivity contribution in [1.82, 2.24) is 10.2 Å². The molecule has 2 heterocycles. The monoisotopic (exact) mass is 488 g/mol. The molecule has 0 bridgehead atoms. The number of ether oxygens (including phenoxy) is 2. The fourth-order valence-corrected chi connectivity index (χ4v) is 4.74. The van der Waals surface area contributed by atoms with Crippen molar-refractivity contribution in [3.63, 3.8) is 0 Å². The average Bonchev–Trinajstić information content (AvgIpc) is 2.93. The normalized spacial score (nSPS) is 17.6. The summed E-state index contributed by atoms with van der Waals surface area (Å²) in [5.74, 6) is 1.61. The van der Waals surface area contributed by atoms with Crippen molar-refractivity contribution in [2.24, 2.45) is 4.99 Å². The molecule has 36 heavy (non-hydrogen) atoms. The molecule has 7 nitrogen and oxygen atoms in total. The fourth-order valence-electron chi connectivity index (χ4n) is 4.74. The van der Waals surface area contributed by atoms with Crippen molar-refractivity contribution < 1.29 is 18.7 Å². The second-order valence-corrected chi connectivity index (χ2v) is 8.92. The quantitative estimate of drug-likeness (QED) is 0.506. The number of benzene rings is 3. The molecular weight excluding hydrogens is 459 g/mol. The lowest BCUT2D eigenvalue weighted by atomic mass is 10.0. The number of hydrogen-bond donors (Lipinski definition) is 1. The molecule has 2 aliphatic rings. The summed E-state index contributed by atoms with van der Waals surface area (Å²) in [5.41, 5.74) is 4.52. The van der Waals surface area contributed by atoms with E-state index in [4.69, 9.17) is 14.5 Å². The predicted octanol–water partition coefficient (Wildman–Crippen LogP) is 4.09. The van der Waals surface area contributed by atoms with Crippen molar-refractivity contribution in [2.45, 2.75) is 12.6 Å². The van der Waals surface area contributed by atoms with Crippen LogP contribution in [0.2, 0.25) is 0 Å². The Morgan fingerprint density at radius 3 is 2.36 bits per heavy atom. The molecule has 3 aromatic rings. The summed E-state index contributed by atoms with van der Waals surface area (Å²) in [4.78, 5) is 21.4. The molecule has 1 atom stereocenters. The summed E-state index contributed by atoms with van der Waals surface area (Å²) in [6.45, 7) is 4.54. The van der Waals surface area contributed by atoms with Crippen LogP contribution in [0.25, 0.3) is 0 Å². The highest BCUT2D eigenvalue weighted by molar-refractivity contribution is 6.04. The standard InChI is InChI=1S/C28H29FN4O3/c1-35-23-15-24-27(26(16-23)36-2)25(18-34)31-28(30-24)20-5-9-22(10-6-20)33-13-11-32(12-14-33)17-19-3-7-21(29)8-4-19/h3-10,15-16,18,25H,11-14,17H2,1-2H3,(H,30,31). The number of nitrogens with one attached hydrogen (secondary N) is 1. The maximum absolute atomic E-state index is 13.2. The highest BCUT2D eigenvalue weighted by Crippen LogP contribution is 2.40. The Balaban J connectivity index is 1.28. The molecule has 0 saturated carbocycles. The number of fused-ring (bicyclic) bond motifs is 1. The molecule has 0 aliphatic carbocycles. The smallest absolute Gasteiger partial charge is 0.147 e. The molecule has 1 N–H and O–H groups in total. The third-order valence-electron chi connectivity index (χ3n) is 6.72. The van der Waals surface area contributed by atoms with Crippen LogP contribution in [0.1, 0.15) is 22.7 Å². The topological polar surface area (TPSA) is 66.4 Å². The first-order valence-corrected chi connectivity index (χ1v) is 12.0. The number of anilines is 1. The number of aldehydes is 1. The van der Waals surface area contributed by atoms with E-state index in [9.17, 15) is 9.18 Å². The molecule has 1 saturated heterocycles. The van der Waals surface area contributed by atoms with E-state index in [1.54, 1.807) is 20.3 Å². The largest absolute Gasteiger partial charge is 0.497 e. The van der Waals surface area contributed by atoms with Gasteiger partial charge >= 0.3 is 0 Å². The van der Waals surface area contributed by atoms with Gasteiger partial charge in [-0.05, 0) is 42.0 Å². The second-order valence-electron chi connectivity index (χ2n) is 8.92. The first kappa shape index (κ1) is 23.8. The molecule has 0 amide bonds. The number of carbonyl (C=O) groups excluding carboxylic acids is 1. The number of amidine groups is 1. The zero-order chi connectivity index (χ0) is 25.1. The zero-order valence-electron chi connectivity index (χ0n) is 20.4. The van der Waals surface area contributed by atoms with Gasteiger partial charge < -0.3 is 24.5 Å². The van der Waals surface area contributed by atoms with Crippen molar-refractivity contribution in [1.29, 1.82) is 0 Å². The average molecular weight is 489 g/mol. The van der Waals surface area contributed by atoms with Gasteiger partial charge in [0.2, 0.25) is 0 Å². The van der Waals surface area contributed by atoms with Crippen LogP contribution in [0, 0.1) is 5.82 Å². The number of aliphatic imine (C=N–C) groups is 1. The van der Waals surface area contributed by atoms with E-state index in [1.807, 2.05) is 30.3 Å². The highest BCUT2D eigenvalue weighted by atomic mass is 19.1. The SMILES string of the molecule is COc1cc2c(c(OC)c1)C(C=O)NC(c1ccc(N3CCN(Cc4ccc(F)cc4)CC3)cc1)=N2. The third kappa shape index (κ3) is 4.90. The molecule has 5 rings (SSSR count). The minimum atomic E-state index is -0.567. The van der Waals surface area contributed by atoms with Crippen molar-refractivity contribution in [2.75, 3.05) is 45.3 Å². The van der Waals surface area contributed by atoms with Crippen LogP contribution in [-0.4, -0.2) is 57.4 Å².